The highest BCUT2D eigenvalue weighted by Crippen LogP contribution is 2.40. The Morgan fingerprint density at radius 2 is 1.85 bits per heavy atom. The number of carbonyl (C=O) groups excluding carboxylic acids is 2. The van der Waals surface area contributed by atoms with Crippen LogP contribution < -0.4 is 5.32 Å². The van der Waals surface area contributed by atoms with E-state index in [9.17, 15) is 9.59 Å². The van der Waals surface area contributed by atoms with Gasteiger partial charge in [-0.2, -0.15) is 0 Å². The second-order valence-corrected chi connectivity index (χ2v) is 12.8. The van der Waals surface area contributed by atoms with Crippen LogP contribution in [-0.4, -0.2) is 75.9 Å². The molecule has 1 atom stereocenters. The number of aryl methyl sites for hydroxylation is 1. The van der Waals surface area contributed by atoms with Gasteiger partial charge in [0, 0.05) is 75.2 Å². The molecule has 2 aliphatic carbocycles. The van der Waals surface area contributed by atoms with E-state index in [-0.39, 0.29) is 11.9 Å². The molecule has 256 valence electrons. The van der Waals surface area contributed by atoms with Gasteiger partial charge in [0.15, 0.2) is 0 Å². The number of hydrogen-bond donors (Lipinski definition) is 1. The van der Waals surface area contributed by atoms with Crippen LogP contribution in [0, 0.1) is 5.92 Å². The molecule has 0 spiro atoms. The molecule has 46 heavy (non-hydrogen) atoms. The van der Waals surface area contributed by atoms with Crippen molar-refractivity contribution < 1.29 is 9.59 Å². The Morgan fingerprint density at radius 3 is 2.39 bits per heavy atom. The number of halogens is 2. The molecule has 2 aromatic rings. The van der Waals surface area contributed by atoms with Crippen molar-refractivity contribution in [2.24, 2.45) is 10.9 Å². The zero-order valence-electron chi connectivity index (χ0n) is 28.7. The minimum absolute atomic E-state index is 0.124. The predicted molar refractivity (Wildman–Crippen MR) is 196 cm³/mol. The number of amides is 2. The second kappa shape index (κ2) is 22.9. The highest BCUT2D eigenvalue weighted by Gasteiger charge is 2.33. The van der Waals surface area contributed by atoms with Gasteiger partial charge in [-0.25, -0.2) is 4.98 Å². The first-order chi connectivity index (χ1) is 22.4. The van der Waals surface area contributed by atoms with Crippen LogP contribution in [0.1, 0.15) is 96.7 Å². The van der Waals surface area contributed by atoms with Crippen molar-refractivity contribution >= 4 is 46.1 Å². The first-order valence-corrected chi connectivity index (χ1v) is 18.6. The molecule has 1 N–H and O–H groups in total. The Bertz CT molecular complexity index is 1210. The molecule has 1 saturated carbocycles. The molecule has 1 unspecified atom stereocenters. The summed E-state index contributed by atoms with van der Waals surface area (Å²) in [6, 6.07) is 6.39. The molecule has 8 nitrogen and oxygen atoms in total. The van der Waals surface area contributed by atoms with E-state index in [0.717, 1.165) is 68.3 Å². The van der Waals surface area contributed by atoms with Gasteiger partial charge in [0.05, 0.1) is 18.1 Å². The maximum Gasteiger partial charge on any atom is 0.219 e. The minimum Gasteiger partial charge on any atom is -0.357 e. The summed E-state index contributed by atoms with van der Waals surface area (Å²) in [5.41, 5.74) is 5.21. The van der Waals surface area contributed by atoms with Crippen molar-refractivity contribution in [1.29, 1.82) is 0 Å². The fourth-order valence-corrected chi connectivity index (χ4v) is 6.45. The Kier molecular flexibility index (Phi) is 19.8. The fourth-order valence-electron chi connectivity index (χ4n) is 6.11. The van der Waals surface area contributed by atoms with E-state index in [4.69, 9.17) is 16.6 Å². The van der Waals surface area contributed by atoms with Crippen molar-refractivity contribution in [3.05, 3.63) is 64.3 Å². The van der Waals surface area contributed by atoms with Crippen molar-refractivity contribution in [3.63, 3.8) is 0 Å². The highest BCUT2D eigenvalue weighted by atomic mass is 79.9. The third kappa shape index (κ3) is 13.3. The molecule has 3 aliphatic rings. The number of aliphatic imine (C=N–C) groups is 1. The molecule has 0 radical (unpaired) electrons. The summed E-state index contributed by atoms with van der Waals surface area (Å²) in [4.78, 5) is 34.7. The summed E-state index contributed by atoms with van der Waals surface area (Å²) in [6.07, 6.45) is 18.4. The van der Waals surface area contributed by atoms with Gasteiger partial charge in [0.1, 0.15) is 0 Å². The Hall–Kier alpha value is -2.49. The zero-order chi connectivity index (χ0) is 33.7. The van der Waals surface area contributed by atoms with Gasteiger partial charge in [-0.15, -0.1) is 0 Å². The van der Waals surface area contributed by atoms with Crippen molar-refractivity contribution in [2.45, 2.75) is 98.6 Å². The first kappa shape index (κ1) is 39.7. The van der Waals surface area contributed by atoms with E-state index in [1.807, 2.05) is 41.8 Å². The number of imidazole rings is 1. The van der Waals surface area contributed by atoms with Gasteiger partial charge >= 0.3 is 0 Å². The van der Waals surface area contributed by atoms with E-state index in [1.165, 1.54) is 54.5 Å². The number of alkyl halides is 1. The molecule has 1 aliphatic heterocycles. The van der Waals surface area contributed by atoms with Crippen LogP contribution in [0.3, 0.4) is 0 Å². The van der Waals surface area contributed by atoms with E-state index < -0.39 is 0 Å². The third-order valence-corrected chi connectivity index (χ3v) is 9.14. The molecule has 5 rings (SSSR count). The molecule has 1 saturated heterocycles. The number of carbonyl (C=O) groups is 2. The molecular formula is C36H56BrClN6O2. The highest BCUT2D eigenvalue weighted by molar-refractivity contribution is 9.09. The van der Waals surface area contributed by atoms with Crippen LogP contribution in [0.2, 0.25) is 5.02 Å². The number of allylic oxidation sites excluding steroid dienone is 1. The average Bonchev–Trinajstić information content (AvgIpc) is 3.55. The molecule has 2 amide bonds. The molecular weight excluding hydrogens is 664 g/mol. The maximum absolute atomic E-state index is 11.7. The summed E-state index contributed by atoms with van der Waals surface area (Å²) in [7, 11) is 0. The van der Waals surface area contributed by atoms with Gasteiger partial charge in [0.2, 0.25) is 12.3 Å². The smallest absolute Gasteiger partial charge is 0.219 e. The van der Waals surface area contributed by atoms with Crippen LogP contribution >= 0.6 is 27.5 Å². The molecule has 2 fully saturated rings. The number of rotatable bonds is 8. The van der Waals surface area contributed by atoms with Crippen LogP contribution in [0.15, 0.2) is 53.2 Å². The lowest BCUT2D eigenvalue weighted by Gasteiger charge is -2.40. The normalized spacial score (nSPS) is 18.6. The summed E-state index contributed by atoms with van der Waals surface area (Å²) >= 11 is 9.77. The predicted octanol–water partition coefficient (Wildman–Crippen LogP) is 7.86. The monoisotopic (exact) mass is 718 g/mol. The van der Waals surface area contributed by atoms with E-state index in [2.05, 4.69) is 57.1 Å². The fraction of sp³-hybridized carbons (Fsp3) is 0.611. The largest absolute Gasteiger partial charge is 0.357 e. The van der Waals surface area contributed by atoms with Crippen LogP contribution in [0.5, 0.6) is 0 Å². The SMILES string of the molecule is CC.CC1CCCCC1.CCC1=C(N=CCBr)C(N2CCN(C(C)=O)CC2)c2ccc(Cl)cc2CC1.O=CNCCn1ccnc1. The Balaban J connectivity index is 0.000000314. The van der Waals surface area contributed by atoms with Gasteiger partial charge in [0.25, 0.3) is 0 Å². The lowest BCUT2D eigenvalue weighted by molar-refractivity contribution is -0.130. The van der Waals surface area contributed by atoms with Gasteiger partial charge in [-0.05, 0) is 54.0 Å². The van der Waals surface area contributed by atoms with Gasteiger partial charge in [-0.1, -0.05) is 93.4 Å². The van der Waals surface area contributed by atoms with E-state index in [0.29, 0.717) is 13.0 Å². The number of nitrogens with one attached hydrogen (secondary N) is 1. The quantitative estimate of drug-likeness (QED) is 0.130. The summed E-state index contributed by atoms with van der Waals surface area (Å²) in [5, 5.41) is 4.09. The summed E-state index contributed by atoms with van der Waals surface area (Å²) in [5.74, 6) is 1.19. The topological polar surface area (TPSA) is 82.8 Å². The van der Waals surface area contributed by atoms with E-state index >= 15 is 0 Å². The lowest BCUT2D eigenvalue weighted by Crippen LogP contribution is -2.49. The molecule has 0 bridgehead atoms. The summed E-state index contributed by atoms with van der Waals surface area (Å²) in [6.45, 7) is 14.9. The standard InChI is InChI=1S/C21H27BrClN3O.C7H14.C6H9N3O.C2H6/c1-3-16-4-5-17-14-18(23)6-7-19(17)21(20(16)24-9-8-22)26-12-10-25(11-13-26)15(2)27;1-7-5-3-2-4-6-7;10-6-8-2-4-9-3-1-7-5-9;1-2/h6-7,9,14,21H,3-5,8,10-13H2,1-2H3;7H,2-6H2,1H3;1,3,5-6H,2,4H2,(H,8,10);1-2H3. The Morgan fingerprint density at radius 1 is 1.13 bits per heavy atom. The average molecular weight is 720 g/mol. The van der Waals surface area contributed by atoms with Crippen LogP contribution in [0.4, 0.5) is 0 Å². The number of nitrogens with zero attached hydrogens (tertiary/aromatic N) is 5. The lowest BCUT2D eigenvalue weighted by atomic mass is 9.91. The first-order valence-electron chi connectivity index (χ1n) is 17.1. The van der Waals surface area contributed by atoms with Crippen LogP contribution in [-0.2, 0) is 22.6 Å². The second-order valence-electron chi connectivity index (χ2n) is 11.7. The van der Waals surface area contributed by atoms with Crippen molar-refractivity contribution in [2.75, 3.05) is 38.1 Å². The van der Waals surface area contributed by atoms with E-state index in [1.54, 1.807) is 19.4 Å². The zero-order valence-corrected chi connectivity index (χ0v) is 31.0. The number of piperazine rings is 1. The van der Waals surface area contributed by atoms with Crippen molar-refractivity contribution in [1.82, 2.24) is 24.7 Å². The minimum atomic E-state index is 0.124. The van der Waals surface area contributed by atoms with Gasteiger partial charge in [-0.3, -0.25) is 19.5 Å². The molecule has 10 heteroatoms. The van der Waals surface area contributed by atoms with Crippen LogP contribution in [0.25, 0.3) is 0 Å². The molecule has 2 heterocycles. The maximum atomic E-state index is 11.7. The number of fused-ring (bicyclic) bond motifs is 1. The summed E-state index contributed by atoms with van der Waals surface area (Å²) < 4.78 is 1.90. The van der Waals surface area contributed by atoms with Crippen molar-refractivity contribution in [3.8, 4) is 0 Å². The Labute approximate surface area is 291 Å². The number of benzene rings is 1. The molecule has 1 aromatic heterocycles. The third-order valence-electron chi connectivity index (χ3n) is 8.62. The number of aromatic nitrogens is 2. The van der Waals surface area contributed by atoms with Gasteiger partial charge < -0.3 is 14.8 Å². The molecule has 1 aromatic carbocycles. The number of hydrogen-bond acceptors (Lipinski definition) is 5.